The van der Waals surface area contributed by atoms with Crippen LogP contribution >= 0.6 is 23.2 Å². The zero-order valence-corrected chi connectivity index (χ0v) is 20.5. The standard InChI is InChI=1S/C24H21Cl2N7O2/c1-13(22-17(25)11-28-12-18(22)26)35-21-7-16-19(8-20(21)34-2)31-32-23(16)14-9-29-24(30-10-14)33-6-4-15(33)3-5-27/h7-13,15H,3-4,6H2,1-2H3,(H,31,32)/t13-,15-/m1/s1. The third kappa shape index (κ3) is 4.31. The second kappa shape index (κ2) is 9.56. The number of halogens is 2. The molecule has 178 valence electrons. The fourth-order valence-electron chi connectivity index (χ4n) is 4.17. The summed E-state index contributed by atoms with van der Waals surface area (Å²) in [6, 6.07) is 6.08. The fraction of sp³-hybridized carbons (Fsp3) is 0.292. The second-order valence-corrected chi connectivity index (χ2v) is 8.98. The predicted octanol–water partition coefficient (Wildman–Crippen LogP) is 5.36. The summed E-state index contributed by atoms with van der Waals surface area (Å²) in [4.78, 5) is 15.1. The lowest BCUT2D eigenvalue weighted by Crippen LogP contribution is -2.48. The number of nitrogens with one attached hydrogen (secondary N) is 1. The summed E-state index contributed by atoms with van der Waals surface area (Å²) in [5, 5.41) is 18.2. The molecule has 3 aromatic heterocycles. The molecule has 1 aliphatic heterocycles. The van der Waals surface area contributed by atoms with Crippen LogP contribution in [0.25, 0.3) is 22.2 Å². The molecule has 1 saturated heterocycles. The molecule has 0 bridgehead atoms. The van der Waals surface area contributed by atoms with Gasteiger partial charge in [-0.15, -0.1) is 0 Å². The quantitative estimate of drug-likeness (QED) is 0.354. The first-order valence-electron chi connectivity index (χ1n) is 11.0. The molecule has 1 fully saturated rings. The van der Waals surface area contributed by atoms with Crippen molar-refractivity contribution in [2.24, 2.45) is 0 Å². The van der Waals surface area contributed by atoms with Crippen LogP contribution in [-0.4, -0.2) is 44.8 Å². The van der Waals surface area contributed by atoms with Crippen molar-refractivity contribution in [3.05, 3.63) is 52.5 Å². The molecule has 0 saturated carbocycles. The number of nitriles is 1. The van der Waals surface area contributed by atoms with Gasteiger partial charge in [-0.1, -0.05) is 23.2 Å². The van der Waals surface area contributed by atoms with Gasteiger partial charge in [0, 0.05) is 60.0 Å². The lowest BCUT2D eigenvalue weighted by molar-refractivity contribution is 0.216. The van der Waals surface area contributed by atoms with Crippen LogP contribution in [0.4, 0.5) is 5.95 Å². The van der Waals surface area contributed by atoms with Crippen LogP contribution in [0.3, 0.4) is 0 Å². The van der Waals surface area contributed by atoms with Crippen LogP contribution in [-0.2, 0) is 0 Å². The fourth-order valence-corrected chi connectivity index (χ4v) is 4.84. The van der Waals surface area contributed by atoms with Gasteiger partial charge in [0.15, 0.2) is 11.5 Å². The Morgan fingerprint density at radius 3 is 2.54 bits per heavy atom. The number of rotatable bonds is 7. The smallest absolute Gasteiger partial charge is 0.225 e. The topological polar surface area (TPSA) is 113 Å². The van der Waals surface area contributed by atoms with E-state index in [2.05, 4.69) is 31.2 Å². The minimum Gasteiger partial charge on any atom is -0.493 e. The summed E-state index contributed by atoms with van der Waals surface area (Å²) in [5.41, 5.74) is 2.85. The van der Waals surface area contributed by atoms with E-state index in [9.17, 15) is 0 Å². The number of anilines is 1. The van der Waals surface area contributed by atoms with Crippen molar-refractivity contribution in [3.63, 3.8) is 0 Å². The van der Waals surface area contributed by atoms with Gasteiger partial charge in [-0.2, -0.15) is 10.4 Å². The van der Waals surface area contributed by atoms with Crippen molar-refractivity contribution in [2.45, 2.75) is 31.9 Å². The molecule has 4 heterocycles. The van der Waals surface area contributed by atoms with Crippen LogP contribution in [0.5, 0.6) is 11.5 Å². The van der Waals surface area contributed by atoms with Gasteiger partial charge < -0.3 is 14.4 Å². The summed E-state index contributed by atoms with van der Waals surface area (Å²) in [6.07, 6.45) is 7.52. The van der Waals surface area contributed by atoms with E-state index in [0.29, 0.717) is 45.2 Å². The molecule has 9 nitrogen and oxygen atoms in total. The minimum absolute atomic E-state index is 0.175. The van der Waals surface area contributed by atoms with Crippen LogP contribution in [0.1, 0.15) is 31.4 Å². The van der Waals surface area contributed by atoms with Crippen LogP contribution in [0, 0.1) is 11.3 Å². The molecular weight excluding hydrogens is 489 g/mol. The lowest BCUT2D eigenvalue weighted by atomic mass is 10.0. The van der Waals surface area contributed by atoms with Gasteiger partial charge in [-0.25, -0.2) is 9.97 Å². The van der Waals surface area contributed by atoms with Crippen molar-refractivity contribution in [1.82, 2.24) is 25.1 Å². The van der Waals surface area contributed by atoms with Gasteiger partial charge in [0.25, 0.3) is 0 Å². The summed E-state index contributed by atoms with van der Waals surface area (Å²) in [6.45, 7) is 2.70. The Hall–Kier alpha value is -3.61. The summed E-state index contributed by atoms with van der Waals surface area (Å²) >= 11 is 12.6. The predicted molar refractivity (Wildman–Crippen MR) is 133 cm³/mol. The molecule has 35 heavy (non-hydrogen) atoms. The highest BCUT2D eigenvalue weighted by Crippen LogP contribution is 2.40. The maximum atomic E-state index is 8.98. The molecule has 1 N–H and O–H groups in total. The number of fused-ring (bicyclic) bond motifs is 1. The molecule has 4 aromatic rings. The Balaban J connectivity index is 1.46. The lowest BCUT2D eigenvalue weighted by Gasteiger charge is -2.39. The molecule has 5 rings (SSSR count). The monoisotopic (exact) mass is 509 g/mol. The molecule has 1 aromatic carbocycles. The van der Waals surface area contributed by atoms with Crippen LogP contribution < -0.4 is 14.4 Å². The van der Waals surface area contributed by atoms with Gasteiger partial charge in [0.05, 0.1) is 35.2 Å². The normalized spacial score (nSPS) is 16.0. The van der Waals surface area contributed by atoms with Gasteiger partial charge in [-0.3, -0.25) is 10.1 Å². The van der Waals surface area contributed by atoms with E-state index in [0.717, 1.165) is 29.4 Å². The molecule has 0 amide bonds. The van der Waals surface area contributed by atoms with Crippen LogP contribution in [0.15, 0.2) is 36.9 Å². The van der Waals surface area contributed by atoms with E-state index in [4.69, 9.17) is 37.9 Å². The highest BCUT2D eigenvalue weighted by atomic mass is 35.5. The minimum atomic E-state index is -0.458. The molecule has 11 heteroatoms. The van der Waals surface area contributed by atoms with Crippen LogP contribution in [0.2, 0.25) is 10.0 Å². The Bertz CT molecular complexity index is 1400. The first-order chi connectivity index (χ1) is 17.0. The first kappa shape index (κ1) is 23.1. The number of hydrogen-bond donors (Lipinski definition) is 1. The van der Waals surface area contributed by atoms with Crippen molar-refractivity contribution in [1.29, 1.82) is 5.26 Å². The van der Waals surface area contributed by atoms with Crippen molar-refractivity contribution in [3.8, 4) is 28.8 Å². The van der Waals surface area contributed by atoms with Crippen molar-refractivity contribution < 1.29 is 9.47 Å². The Morgan fingerprint density at radius 1 is 1.17 bits per heavy atom. The first-order valence-corrected chi connectivity index (χ1v) is 11.7. The van der Waals surface area contributed by atoms with Gasteiger partial charge in [0.1, 0.15) is 11.8 Å². The van der Waals surface area contributed by atoms with E-state index in [1.165, 1.54) is 12.4 Å². The Kier molecular flexibility index (Phi) is 6.32. The molecule has 0 spiro atoms. The average Bonchev–Trinajstić information content (AvgIpc) is 3.24. The Labute approximate surface area is 211 Å². The third-order valence-corrected chi connectivity index (χ3v) is 6.69. The maximum Gasteiger partial charge on any atom is 0.225 e. The average molecular weight is 510 g/mol. The van der Waals surface area contributed by atoms with E-state index >= 15 is 0 Å². The Morgan fingerprint density at radius 2 is 1.91 bits per heavy atom. The van der Waals surface area contributed by atoms with Gasteiger partial charge in [0.2, 0.25) is 5.95 Å². The van der Waals surface area contributed by atoms with Gasteiger partial charge >= 0.3 is 0 Å². The maximum absolute atomic E-state index is 8.98. The van der Waals surface area contributed by atoms with E-state index in [1.807, 2.05) is 24.0 Å². The number of hydrogen-bond acceptors (Lipinski definition) is 8. The summed E-state index contributed by atoms with van der Waals surface area (Å²) < 4.78 is 11.8. The molecular formula is C24H21Cl2N7O2. The molecule has 0 aliphatic carbocycles. The third-order valence-electron chi connectivity index (χ3n) is 6.09. The number of benzene rings is 1. The number of methoxy groups -OCH3 is 1. The van der Waals surface area contributed by atoms with E-state index in [1.54, 1.807) is 19.5 Å². The number of H-pyrrole nitrogens is 1. The van der Waals surface area contributed by atoms with E-state index in [-0.39, 0.29) is 6.04 Å². The van der Waals surface area contributed by atoms with Crippen molar-refractivity contribution >= 4 is 40.1 Å². The second-order valence-electron chi connectivity index (χ2n) is 8.17. The number of aromatic nitrogens is 5. The number of pyridine rings is 1. The largest absolute Gasteiger partial charge is 0.493 e. The number of nitrogens with zero attached hydrogens (tertiary/aromatic N) is 6. The zero-order chi connectivity index (χ0) is 24.5. The zero-order valence-electron chi connectivity index (χ0n) is 19.0. The number of aromatic amines is 1. The molecule has 0 radical (unpaired) electrons. The summed E-state index contributed by atoms with van der Waals surface area (Å²) in [7, 11) is 1.57. The SMILES string of the molecule is COc1cc2[nH]nc(-c3cnc(N4CC[C@H]4CC#N)nc3)c2cc1O[C@H](C)c1c(Cl)cncc1Cl. The van der Waals surface area contributed by atoms with Crippen molar-refractivity contribution in [2.75, 3.05) is 18.6 Å². The highest BCUT2D eigenvalue weighted by Gasteiger charge is 2.29. The van der Waals surface area contributed by atoms with Gasteiger partial charge in [-0.05, 0) is 19.4 Å². The molecule has 2 atom stereocenters. The number of ether oxygens (including phenoxy) is 2. The highest BCUT2D eigenvalue weighted by molar-refractivity contribution is 6.35. The summed E-state index contributed by atoms with van der Waals surface area (Å²) in [5.74, 6) is 1.66. The van der Waals surface area contributed by atoms with E-state index < -0.39 is 6.10 Å². The molecule has 0 unspecified atom stereocenters. The molecule has 1 aliphatic rings.